The summed E-state index contributed by atoms with van der Waals surface area (Å²) in [6.07, 6.45) is 12.6. The minimum atomic E-state index is -4.21. The third-order valence-electron chi connectivity index (χ3n) is 9.27. The molecule has 5 aromatic rings. The van der Waals surface area contributed by atoms with Crippen molar-refractivity contribution in [2.24, 2.45) is 5.73 Å². The van der Waals surface area contributed by atoms with Crippen LogP contribution in [0.3, 0.4) is 0 Å². The van der Waals surface area contributed by atoms with Gasteiger partial charge in [0.1, 0.15) is 11.8 Å². The highest BCUT2D eigenvalue weighted by Gasteiger charge is 2.26. The number of amides is 2. The summed E-state index contributed by atoms with van der Waals surface area (Å²) in [5.41, 5.74) is 10.1. The van der Waals surface area contributed by atoms with E-state index in [1.807, 2.05) is 60.8 Å². The Bertz CT molecular complexity index is 1930. The fourth-order valence-corrected chi connectivity index (χ4v) is 7.46. The van der Waals surface area contributed by atoms with Crippen LogP contribution in [0.1, 0.15) is 75.5 Å². The number of nitrogens with one attached hydrogen (secondary N) is 4. The predicted molar refractivity (Wildman–Crippen MR) is 211 cm³/mol. The Balaban J connectivity index is 0.960. The van der Waals surface area contributed by atoms with Crippen molar-refractivity contribution in [2.75, 3.05) is 13.2 Å². The van der Waals surface area contributed by atoms with Gasteiger partial charge in [-0.1, -0.05) is 111 Å². The van der Waals surface area contributed by atoms with Crippen molar-refractivity contribution in [2.45, 2.75) is 89.1 Å². The number of nitrogens with two attached hydrogens (primary N) is 1. The second-order valence-corrected chi connectivity index (χ2v) is 15.3. The molecule has 0 aliphatic heterocycles. The molecule has 0 spiro atoms. The van der Waals surface area contributed by atoms with Crippen molar-refractivity contribution in [3.8, 4) is 5.75 Å². The molecule has 0 aliphatic rings. The smallest absolute Gasteiger partial charge is 0.403 e. The van der Waals surface area contributed by atoms with E-state index < -0.39 is 19.9 Å². The SMILES string of the molecule is N[C@@H](Cc1cc2ccccc2[nH]1)C(=O)N[C@@H](Cc1c[nH]c2ccccc12)C(=O)NCCCCCCCCCCCCOP(=O)(O)Oc1ccccc1Cl. The maximum Gasteiger partial charge on any atom is 0.527 e. The molecule has 0 aliphatic carbocycles. The van der Waals surface area contributed by atoms with Crippen LogP contribution in [0.15, 0.2) is 85.1 Å². The number of phosphoric ester groups is 1. The molecule has 1 unspecified atom stereocenters. The number of phosphoric acid groups is 1. The molecule has 5 rings (SSSR count). The lowest BCUT2D eigenvalue weighted by molar-refractivity contribution is -0.129. The molecule has 3 atom stereocenters. The van der Waals surface area contributed by atoms with Gasteiger partial charge in [0.25, 0.3) is 0 Å². The number of rotatable bonds is 23. The lowest BCUT2D eigenvalue weighted by Crippen LogP contribution is -2.53. The van der Waals surface area contributed by atoms with Crippen LogP contribution in [0.4, 0.5) is 0 Å². The molecule has 2 aromatic heterocycles. The Morgan fingerprint density at radius 2 is 1.45 bits per heavy atom. The van der Waals surface area contributed by atoms with Crippen molar-refractivity contribution in [1.82, 2.24) is 20.6 Å². The van der Waals surface area contributed by atoms with E-state index in [1.165, 1.54) is 6.07 Å². The van der Waals surface area contributed by atoms with E-state index in [1.54, 1.807) is 18.2 Å². The summed E-state index contributed by atoms with van der Waals surface area (Å²) >= 11 is 5.98. The number of unbranched alkanes of at least 4 members (excludes halogenated alkanes) is 9. The molecular formula is C40H51ClN5O6P. The van der Waals surface area contributed by atoms with E-state index in [4.69, 9.17) is 26.4 Å². The number of hydrogen-bond acceptors (Lipinski definition) is 6. The van der Waals surface area contributed by atoms with Gasteiger partial charge < -0.3 is 30.9 Å². The molecule has 0 bridgehead atoms. The minimum absolute atomic E-state index is 0.121. The molecule has 13 heteroatoms. The molecule has 0 saturated carbocycles. The Labute approximate surface area is 316 Å². The zero-order valence-electron chi connectivity index (χ0n) is 30.0. The third-order valence-corrected chi connectivity index (χ3v) is 10.5. The first-order valence-corrected chi connectivity index (χ1v) is 20.4. The third kappa shape index (κ3) is 12.8. The normalized spacial score (nSPS) is 13.8. The highest BCUT2D eigenvalue weighted by molar-refractivity contribution is 7.47. The van der Waals surface area contributed by atoms with E-state index in [0.717, 1.165) is 90.9 Å². The number of H-pyrrole nitrogens is 2. The number of hydrogen-bond donors (Lipinski definition) is 6. The first-order chi connectivity index (χ1) is 25.7. The standard InChI is InChI=1S/C40H51ClN5O6P/c41-33-19-11-14-22-38(33)52-53(49,50)51-24-16-8-6-4-2-1-3-5-7-15-23-43-40(48)37(26-30-28-44-36-21-13-10-18-32(30)36)46-39(47)34(42)27-31-25-29-17-9-12-20-35(29)45-31/h9-14,17-22,25,28,34,37,44-45H,1-8,15-16,23-24,26-27,42H2,(H,43,48)(H,46,47)(H,49,50)/t34-,37-/m0/s1. The van der Waals surface area contributed by atoms with Crippen LogP contribution in [0.2, 0.25) is 5.02 Å². The maximum atomic E-state index is 13.4. The van der Waals surface area contributed by atoms with Gasteiger partial charge in [-0.2, -0.15) is 0 Å². The summed E-state index contributed by atoms with van der Waals surface area (Å²) in [5.74, 6) is -0.468. The van der Waals surface area contributed by atoms with Gasteiger partial charge in [0, 0.05) is 47.7 Å². The largest absolute Gasteiger partial charge is 0.527 e. The van der Waals surface area contributed by atoms with E-state index >= 15 is 0 Å². The van der Waals surface area contributed by atoms with Gasteiger partial charge in [-0.25, -0.2) is 4.57 Å². The highest BCUT2D eigenvalue weighted by atomic mass is 35.5. The maximum absolute atomic E-state index is 13.4. The lowest BCUT2D eigenvalue weighted by Gasteiger charge is -2.21. The van der Waals surface area contributed by atoms with E-state index in [2.05, 4.69) is 20.6 Å². The lowest BCUT2D eigenvalue weighted by atomic mass is 10.0. The van der Waals surface area contributed by atoms with Crippen molar-refractivity contribution in [1.29, 1.82) is 0 Å². The Kier molecular flexibility index (Phi) is 15.4. The van der Waals surface area contributed by atoms with Gasteiger partial charge in [-0.15, -0.1) is 0 Å². The summed E-state index contributed by atoms with van der Waals surface area (Å²) in [4.78, 5) is 43.2. The van der Waals surface area contributed by atoms with Crippen LogP contribution in [0.25, 0.3) is 21.8 Å². The van der Waals surface area contributed by atoms with E-state index in [9.17, 15) is 19.0 Å². The van der Waals surface area contributed by atoms with Crippen molar-refractivity contribution < 1.29 is 28.1 Å². The zero-order valence-corrected chi connectivity index (χ0v) is 31.7. The molecule has 7 N–H and O–H groups in total. The zero-order chi connectivity index (χ0) is 37.5. The number of carbonyl (C=O) groups excluding carboxylic acids is 2. The topological polar surface area (TPSA) is 172 Å². The quantitative estimate of drug-likeness (QED) is 0.0288. The van der Waals surface area contributed by atoms with Crippen molar-refractivity contribution in [3.05, 3.63) is 101 Å². The second-order valence-electron chi connectivity index (χ2n) is 13.5. The Morgan fingerprint density at radius 1 is 0.811 bits per heavy atom. The van der Waals surface area contributed by atoms with Gasteiger partial charge in [0.05, 0.1) is 17.7 Å². The van der Waals surface area contributed by atoms with Gasteiger partial charge in [0.2, 0.25) is 11.8 Å². The first kappa shape index (κ1) is 40.1. The summed E-state index contributed by atoms with van der Waals surface area (Å²) in [5, 5.41) is 8.32. The van der Waals surface area contributed by atoms with Crippen LogP contribution in [-0.4, -0.2) is 51.9 Å². The number of halogens is 1. The predicted octanol–water partition coefficient (Wildman–Crippen LogP) is 8.11. The average molecular weight is 764 g/mol. The molecule has 53 heavy (non-hydrogen) atoms. The molecule has 11 nitrogen and oxygen atoms in total. The van der Waals surface area contributed by atoms with Gasteiger partial charge in [-0.3, -0.25) is 19.0 Å². The average Bonchev–Trinajstić information content (AvgIpc) is 3.75. The summed E-state index contributed by atoms with van der Waals surface area (Å²) in [7, 11) is -4.21. The number of carbonyl (C=O) groups is 2. The molecule has 0 radical (unpaired) electrons. The van der Waals surface area contributed by atoms with Gasteiger partial charge >= 0.3 is 7.82 Å². The van der Waals surface area contributed by atoms with E-state index in [0.29, 0.717) is 25.8 Å². The molecule has 0 fully saturated rings. The van der Waals surface area contributed by atoms with Gasteiger partial charge in [-0.05, 0) is 54.1 Å². The molecular weight excluding hydrogens is 713 g/mol. The fourth-order valence-electron chi connectivity index (χ4n) is 6.41. The van der Waals surface area contributed by atoms with Crippen LogP contribution < -0.4 is 20.9 Å². The number of para-hydroxylation sites is 3. The molecule has 3 aromatic carbocycles. The number of benzene rings is 3. The second kappa shape index (κ2) is 20.4. The summed E-state index contributed by atoms with van der Waals surface area (Å²) in [6, 6.07) is 22.7. The van der Waals surface area contributed by atoms with Crippen LogP contribution in [-0.2, 0) is 31.5 Å². The Hall–Kier alpha value is -4.12. The molecule has 284 valence electrons. The van der Waals surface area contributed by atoms with Gasteiger partial charge in [0.15, 0.2) is 0 Å². The Morgan fingerprint density at radius 3 is 2.19 bits per heavy atom. The molecule has 0 saturated heterocycles. The summed E-state index contributed by atoms with van der Waals surface area (Å²) < 4.78 is 22.3. The van der Waals surface area contributed by atoms with Crippen LogP contribution in [0, 0.1) is 0 Å². The highest BCUT2D eigenvalue weighted by Crippen LogP contribution is 2.45. The first-order valence-electron chi connectivity index (χ1n) is 18.6. The van der Waals surface area contributed by atoms with Crippen LogP contribution >= 0.6 is 19.4 Å². The van der Waals surface area contributed by atoms with E-state index in [-0.39, 0.29) is 29.2 Å². The fraction of sp³-hybridized carbons (Fsp3) is 0.400. The summed E-state index contributed by atoms with van der Waals surface area (Å²) in [6.45, 7) is 0.677. The number of aromatic nitrogens is 2. The van der Waals surface area contributed by atoms with Crippen molar-refractivity contribution in [3.63, 3.8) is 0 Å². The number of aromatic amines is 2. The molecule has 2 heterocycles. The van der Waals surface area contributed by atoms with Crippen molar-refractivity contribution >= 4 is 53.0 Å². The monoisotopic (exact) mass is 763 g/mol. The minimum Gasteiger partial charge on any atom is -0.403 e. The number of fused-ring (bicyclic) bond motifs is 2. The van der Waals surface area contributed by atoms with Crippen LogP contribution in [0.5, 0.6) is 5.75 Å². The molecule has 2 amide bonds.